The van der Waals surface area contributed by atoms with Crippen LogP contribution >= 0.6 is 11.3 Å². The highest BCUT2D eigenvalue weighted by Crippen LogP contribution is 2.23. The monoisotopic (exact) mass is 271 g/mol. The predicted molar refractivity (Wildman–Crippen MR) is 78.4 cm³/mol. The maximum atomic E-state index is 4.99. The van der Waals surface area contributed by atoms with Gasteiger partial charge in [0.05, 0.1) is 12.3 Å². The second-order valence-electron chi connectivity index (χ2n) is 4.89. The van der Waals surface area contributed by atoms with Crippen LogP contribution < -0.4 is 10.2 Å². The van der Waals surface area contributed by atoms with E-state index in [0.717, 1.165) is 30.5 Å². The number of aromatic nitrogens is 1. The van der Waals surface area contributed by atoms with Gasteiger partial charge in [-0.25, -0.2) is 4.98 Å². The fourth-order valence-corrected chi connectivity index (χ4v) is 2.43. The fraction of sp³-hybridized carbons (Fsp3) is 0.769. The van der Waals surface area contributed by atoms with Crippen molar-refractivity contribution in [1.82, 2.24) is 10.3 Å². The van der Waals surface area contributed by atoms with Crippen molar-refractivity contribution in [3.05, 3.63) is 11.1 Å². The maximum absolute atomic E-state index is 4.99. The molecule has 0 saturated heterocycles. The normalized spacial score (nSPS) is 13.0. The molecule has 1 N–H and O–H groups in total. The molecule has 0 radical (unpaired) electrons. The van der Waals surface area contributed by atoms with Gasteiger partial charge in [-0.1, -0.05) is 13.8 Å². The molecule has 0 aliphatic carbocycles. The van der Waals surface area contributed by atoms with Crippen molar-refractivity contribution in [2.45, 2.75) is 33.4 Å². The zero-order valence-electron chi connectivity index (χ0n) is 12.1. The number of nitrogens with zero attached hydrogens (tertiary/aromatic N) is 2. The first kappa shape index (κ1) is 15.4. The lowest BCUT2D eigenvalue weighted by atomic mass is 10.1. The van der Waals surface area contributed by atoms with Gasteiger partial charge < -0.3 is 15.0 Å². The van der Waals surface area contributed by atoms with Crippen molar-refractivity contribution in [2.75, 3.05) is 32.2 Å². The van der Waals surface area contributed by atoms with E-state index in [1.165, 1.54) is 0 Å². The quantitative estimate of drug-likeness (QED) is 0.737. The molecular formula is C13H25N3OS. The summed E-state index contributed by atoms with van der Waals surface area (Å²) in [6, 6.07) is 0.505. The van der Waals surface area contributed by atoms with E-state index < -0.39 is 0 Å². The molecule has 0 spiro atoms. The van der Waals surface area contributed by atoms with E-state index in [0.29, 0.717) is 12.0 Å². The van der Waals surface area contributed by atoms with Crippen LogP contribution in [-0.2, 0) is 11.3 Å². The summed E-state index contributed by atoms with van der Waals surface area (Å²) in [5, 5.41) is 6.53. The molecule has 1 aromatic rings. The Labute approximate surface area is 114 Å². The van der Waals surface area contributed by atoms with Gasteiger partial charge in [-0.15, -0.1) is 11.3 Å². The number of hydrogen-bond acceptors (Lipinski definition) is 5. The zero-order valence-corrected chi connectivity index (χ0v) is 12.9. The first-order valence-electron chi connectivity index (χ1n) is 6.43. The Morgan fingerprint density at radius 1 is 1.44 bits per heavy atom. The predicted octanol–water partition coefficient (Wildman–Crippen LogP) is 2.36. The van der Waals surface area contributed by atoms with Gasteiger partial charge in [-0.2, -0.15) is 0 Å². The lowest BCUT2D eigenvalue weighted by Gasteiger charge is -2.27. The molecule has 104 valence electrons. The largest absolute Gasteiger partial charge is 0.383 e. The Morgan fingerprint density at radius 3 is 2.78 bits per heavy atom. The first-order chi connectivity index (χ1) is 8.56. The second-order valence-corrected chi connectivity index (χ2v) is 5.72. The third-order valence-electron chi connectivity index (χ3n) is 3.21. The maximum Gasteiger partial charge on any atom is 0.185 e. The minimum atomic E-state index is 0.505. The van der Waals surface area contributed by atoms with E-state index in [1.54, 1.807) is 18.4 Å². The van der Waals surface area contributed by atoms with E-state index in [4.69, 9.17) is 4.74 Å². The highest BCUT2D eigenvalue weighted by Gasteiger charge is 2.16. The minimum Gasteiger partial charge on any atom is -0.383 e. The lowest BCUT2D eigenvalue weighted by Crippen LogP contribution is -2.33. The van der Waals surface area contributed by atoms with Crippen LogP contribution in [0.5, 0.6) is 0 Å². The summed E-state index contributed by atoms with van der Waals surface area (Å²) in [6.45, 7) is 9.12. The van der Waals surface area contributed by atoms with Crippen molar-refractivity contribution in [3.63, 3.8) is 0 Å². The van der Waals surface area contributed by atoms with Crippen LogP contribution in [0.15, 0.2) is 5.38 Å². The molecule has 0 aliphatic heterocycles. The van der Waals surface area contributed by atoms with Gasteiger partial charge >= 0.3 is 0 Å². The average Bonchev–Trinajstić information content (AvgIpc) is 2.81. The summed E-state index contributed by atoms with van der Waals surface area (Å²) in [5.74, 6) is 0.627. The van der Waals surface area contributed by atoms with Crippen molar-refractivity contribution in [2.24, 2.45) is 5.92 Å². The zero-order chi connectivity index (χ0) is 13.5. The summed E-state index contributed by atoms with van der Waals surface area (Å²) in [7, 11) is 3.83. The number of ether oxygens (including phenoxy) is 1. The van der Waals surface area contributed by atoms with E-state index in [2.05, 4.69) is 48.4 Å². The summed E-state index contributed by atoms with van der Waals surface area (Å²) in [4.78, 5) is 6.91. The third-order valence-corrected chi connectivity index (χ3v) is 4.19. The first-order valence-corrected chi connectivity index (χ1v) is 7.31. The molecule has 0 fully saturated rings. The molecule has 0 amide bonds. The Bertz CT molecular complexity index is 341. The SMILES string of the molecule is COCCNCc1csc(N(C)C(C)C(C)C)n1. The van der Waals surface area contributed by atoms with E-state index in [9.17, 15) is 0 Å². The molecule has 4 nitrogen and oxygen atoms in total. The second kappa shape index (κ2) is 7.71. The van der Waals surface area contributed by atoms with Crippen LogP contribution in [0.2, 0.25) is 0 Å². The van der Waals surface area contributed by atoms with Crippen LogP contribution in [0, 0.1) is 5.92 Å². The molecule has 1 aromatic heterocycles. The highest BCUT2D eigenvalue weighted by atomic mass is 32.1. The van der Waals surface area contributed by atoms with Crippen LogP contribution in [0.1, 0.15) is 26.5 Å². The Kier molecular flexibility index (Phi) is 6.60. The van der Waals surface area contributed by atoms with Gasteiger partial charge in [0.2, 0.25) is 0 Å². The fourth-order valence-electron chi connectivity index (χ4n) is 1.55. The summed E-state index contributed by atoms with van der Waals surface area (Å²) in [6.07, 6.45) is 0. The summed E-state index contributed by atoms with van der Waals surface area (Å²) in [5.41, 5.74) is 1.11. The van der Waals surface area contributed by atoms with Gasteiger partial charge in [0, 0.05) is 38.7 Å². The van der Waals surface area contributed by atoms with Gasteiger partial charge in [-0.3, -0.25) is 0 Å². The molecule has 0 aromatic carbocycles. The molecular weight excluding hydrogens is 246 g/mol. The number of methoxy groups -OCH3 is 1. The van der Waals surface area contributed by atoms with Crippen LogP contribution in [0.3, 0.4) is 0 Å². The van der Waals surface area contributed by atoms with Crippen LogP contribution in [0.25, 0.3) is 0 Å². The lowest BCUT2D eigenvalue weighted by molar-refractivity contribution is 0.199. The molecule has 0 aliphatic rings. The number of rotatable bonds is 8. The molecule has 5 heteroatoms. The number of anilines is 1. The van der Waals surface area contributed by atoms with E-state index >= 15 is 0 Å². The number of thiazole rings is 1. The summed E-state index contributed by atoms with van der Waals surface area (Å²) >= 11 is 1.71. The Balaban J connectivity index is 2.47. The number of nitrogens with one attached hydrogen (secondary N) is 1. The molecule has 1 atom stereocenters. The Hall–Kier alpha value is -0.650. The third kappa shape index (κ3) is 4.55. The van der Waals surface area contributed by atoms with Crippen molar-refractivity contribution in [1.29, 1.82) is 0 Å². The topological polar surface area (TPSA) is 37.4 Å². The van der Waals surface area contributed by atoms with Gasteiger partial charge in [0.1, 0.15) is 0 Å². The molecule has 1 heterocycles. The van der Waals surface area contributed by atoms with E-state index in [-0.39, 0.29) is 0 Å². The van der Waals surface area contributed by atoms with Gasteiger partial charge in [0.25, 0.3) is 0 Å². The van der Waals surface area contributed by atoms with Crippen molar-refractivity contribution >= 4 is 16.5 Å². The molecule has 1 rings (SSSR count). The molecule has 18 heavy (non-hydrogen) atoms. The van der Waals surface area contributed by atoms with E-state index in [1.807, 2.05) is 0 Å². The van der Waals surface area contributed by atoms with Crippen molar-refractivity contribution in [3.8, 4) is 0 Å². The highest BCUT2D eigenvalue weighted by molar-refractivity contribution is 7.13. The molecule has 0 bridgehead atoms. The van der Waals surface area contributed by atoms with Crippen molar-refractivity contribution < 1.29 is 4.74 Å². The average molecular weight is 271 g/mol. The van der Waals surface area contributed by atoms with Crippen LogP contribution in [-0.4, -0.2) is 38.3 Å². The summed E-state index contributed by atoms with van der Waals surface area (Å²) < 4.78 is 4.99. The van der Waals surface area contributed by atoms with Gasteiger partial charge in [-0.05, 0) is 12.8 Å². The number of hydrogen-bond donors (Lipinski definition) is 1. The Morgan fingerprint density at radius 2 is 2.17 bits per heavy atom. The molecule has 0 saturated carbocycles. The molecule has 1 unspecified atom stereocenters. The minimum absolute atomic E-state index is 0.505. The van der Waals surface area contributed by atoms with Crippen LogP contribution in [0.4, 0.5) is 5.13 Å². The standard InChI is InChI=1S/C13H25N3OS/c1-10(2)11(3)16(4)13-15-12(9-18-13)8-14-6-7-17-5/h9-11,14H,6-8H2,1-5H3. The van der Waals surface area contributed by atoms with Gasteiger partial charge in [0.15, 0.2) is 5.13 Å². The smallest absolute Gasteiger partial charge is 0.185 e.